The van der Waals surface area contributed by atoms with E-state index >= 15 is 0 Å². The molecule has 21 heavy (non-hydrogen) atoms. The van der Waals surface area contributed by atoms with Gasteiger partial charge in [-0.15, -0.1) is 0 Å². The third-order valence-electron chi connectivity index (χ3n) is 3.28. The molecule has 0 saturated carbocycles. The number of nitrogens with one attached hydrogen (secondary N) is 1. The molecule has 1 aliphatic heterocycles. The Balaban J connectivity index is 2.11. The maximum Gasteiger partial charge on any atom is 0.244 e. The van der Waals surface area contributed by atoms with Gasteiger partial charge < -0.3 is 15.0 Å². The fraction of sp³-hybridized carbons (Fsp3) is 0.133. The molecule has 0 atom stereocenters. The minimum absolute atomic E-state index is 0.129. The molecule has 0 aromatic heterocycles. The van der Waals surface area contributed by atoms with Crippen LogP contribution in [0.2, 0.25) is 5.02 Å². The molecule has 2 aromatic carbocycles. The Morgan fingerprint density at radius 3 is 2.67 bits per heavy atom. The van der Waals surface area contributed by atoms with Crippen molar-refractivity contribution in [3.63, 3.8) is 0 Å². The van der Waals surface area contributed by atoms with Crippen molar-refractivity contribution in [3.05, 3.63) is 47.2 Å². The molecular formula is C15H12ClFN2O2. The summed E-state index contributed by atoms with van der Waals surface area (Å²) in [5, 5.41) is 3.27. The van der Waals surface area contributed by atoms with Crippen molar-refractivity contribution >= 4 is 34.6 Å². The maximum atomic E-state index is 13.8. The van der Waals surface area contributed by atoms with E-state index < -0.39 is 5.82 Å². The molecule has 0 spiro atoms. The smallest absolute Gasteiger partial charge is 0.244 e. The lowest BCUT2D eigenvalue weighted by Gasteiger charge is -2.31. The summed E-state index contributed by atoms with van der Waals surface area (Å²) >= 11 is 5.88. The predicted molar refractivity (Wildman–Crippen MR) is 80.0 cm³/mol. The monoisotopic (exact) mass is 306 g/mol. The van der Waals surface area contributed by atoms with Crippen LogP contribution in [0.25, 0.3) is 0 Å². The largest absolute Gasteiger partial charge is 0.494 e. The van der Waals surface area contributed by atoms with Crippen LogP contribution < -0.4 is 15.0 Å². The second-order valence-electron chi connectivity index (χ2n) is 4.61. The lowest BCUT2D eigenvalue weighted by atomic mass is 10.1. The summed E-state index contributed by atoms with van der Waals surface area (Å²) in [7, 11) is 1.40. The number of halogens is 2. The normalized spacial score (nSPS) is 13.7. The highest BCUT2D eigenvalue weighted by Crippen LogP contribution is 2.39. The maximum absolute atomic E-state index is 13.8. The number of hydrogen-bond acceptors (Lipinski definition) is 3. The van der Waals surface area contributed by atoms with Gasteiger partial charge in [-0.2, -0.15) is 0 Å². The van der Waals surface area contributed by atoms with Crippen molar-refractivity contribution in [1.82, 2.24) is 0 Å². The fourth-order valence-electron chi connectivity index (χ4n) is 2.29. The number of amides is 1. The quantitative estimate of drug-likeness (QED) is 0.922. The van der Waals surface area contributed by atoms with E-state index in [1.807, 2.05) is 0 Å². The molecule has 0 saturated heterocycles. The molecule has 1 heterocycles. The molecule has 1 aliphatic rings. The van der Waals surface area contributed by atoms with Crippen LogP contribution in [0.3, 0.4) is 0 Å². The highest BCUT2D eigenvalue weighted by molar-refractivity contribution is 6.30. The number of ether oxygens (including phenoxy) is 1. The number of carbonyl (C=O) groups excluding carboxylic acids is 1. The molecule has 0 unspecified atom stereocenters. The third kappa shape index (κ3) is 2.52. The summed E-state index contributed by atoms with van der Waals surface area (Å²) in [5.41, 5.74) is 1.89. The molecule has 1 amide bonds. The number of anilines is 3. The predicted octanol–water partition coefficient (Wildman–Crippen LogP) is 3.58. The Kier molecular flexibility index (Phi) is 3.43. The minimum Gasteiger partial charge on any atom is -0.494 e. The van der Waals surface area contributed by atoms with Gasteiger partial charge >= 0.3 is 0 Å². The van der Waals surface area contributed by atoms with Gasteiger partial charge in [0.2, 0.25) is 5.91 Å². The molecule has 3 rings (SSSR count). The van der Waals surface area contributed by atoms with Gasteiger partial charge in [0.15, 0.2) is 11.6 Å². The first kappa shape index (κ1) is 13.7. The Bertz CT molecular complexity index is 704. The third-order valence-corrected chi connectivity index (χ3v) is 3.53. The fourth-order valence-corrected chi connectivity index (χ4v) is 2.42. The summed E-state index contributed by atoms with van der Waals surface area (Å²) < 4.78 is 18.8. The summed E-state index contributed by atoms with van der Waals surface area (Å²) in [6.45, 7) is 0.142. The van der Waals surface area contributed by atoms with Crippen LogP contribution in [0.15, 0.2) is 36.4 Å². The molecule has 6 heteroatoms. The Labute approximate surface area is 126 Å². The van der Waals surface area contributed by atoms with Gasteiger partial charge in [0.25, 0.3) is 0 Å². The summed E-state index contributed by atoms with van der Waals surface area (Å²) in [6, 6.07) is 9.92. The van der Waals surface area contributed by atoms with Gasteiger partial charge in [0.05, 0.1) is 18.5 Å². The number of carbonyl (C=O) groups is 1. The van der Waals surface area contributed by atoms with Crippen LogP contribution in [0.4, 0.5) is 21.5 Å². The molecule has 4 nitrogen and oxygen atoms in total. The minimum atomic E-state index is -0.519. The van der Waals surface area contributed by atoms with Gasteiger partial charge in [-0.3, -0.25) is 4.79 Å². The van der Waals surface area contributed by atoms with E-state index in [1.54, 1.807) is 35.2 Å². The number of fused-ring (bicyclic) bond motifs is 1. The van der Waals surface area contributed by atoms with Crippen LogP contribution in [-0.4, -0.2) is 19.6 Å². The summed E-state index contributed by atoms with van der Waals surface area (Å²) in [5.74, 6) is -0.597. The Morgan fingerprint density at radius 2 is 2.00 bits per heavy atom. The lowest BCUT2D eigenvalue weighted by Crippen LogP contribution is -2.35. The average molecular weight is 307 g/mol. The lowest BCUT2D eigenvalue weighted by molar-refractivity contribution is -0.115. The van der Waals surface area contributed by atoms with Crippen LogP contribution in [0.5, 0.6) is 5.75 Å². The molecule has 0 aliphatic carbocycles. The van der Waals surface area contributed by atoms with E-state index in [2.05, 4.69) is 5.32 Å². The average Bonchev–Trinajstić information content (AvgIpc) is 2.46. The molecule has 1 N–H and O–H groups in total. The van der Waals surface area contributed by atoms with Crippen molar-refractivity contribution in [3.8, 4) is 5.75 Å². The van der Waals surface area contributed by atoms with Crippen LogP contribution in [0.1, 0.15) is 0 Å². The highest BCUT2D eigenvalue weighted by Gasteiger charge is 2.25. The Hall–Kier alpha value is -2.27. The van der Waals surface area contributed by atoms with E-state index in [-0.39, 0.29) is 18.2 Å². The van der Waals surface area contributed by atoms with Crippen molar-refractivity contribution in [2.45, 2.75) is 0 Å². The first-order valence-corrected chi connectivity index (χ1v) is 6.67. The zero-order valence-corrected chi connectivity index (χ0v) is 11.9. The topological polar surface area (TPSA) is 41.6 Å². The van der Waals surface area contributed by atoms with Crippen LogP contribution in [-0.2, 0) is 4.79 Å². The van der Waals surface area contributed by atoms with E-state index in [0.29, 0.717) is 16.4 Å². The number of benzene rings is 2. The molecule has 0 bridgehead atoms. The van der Waals surface area contributed by atoms with Gasteiger partial charge in [0, 0.05) is 22.8 Å². The van der Waals surface area contributed by atoms with E-state index in [0.717, 1.165) is 5.69 Å². The van der Waals surface area contributed by atoms with Gasteiger partial charge in [-0.05, 0) is 24.3 Å². The number of methoxy groups -OCH3 is 1. The second kappa shape index (κ2) is 5.26. The second-order valence-corrected chi connectivity index (χ2v) is 5.05. The van der Waals surface area contributed by atoms with E-state index in [1.165, 1.54) is 13.2 Å². The molecule has 0 radical (unpaired) electrons. The zero-order chi connectivity index (χ0) is 15.0. The summed E-state index contributed by atoms with van der Waals surface area (Å²) in [6.07, 6.45) is 0. The zero-order valence-electron chi connectivity index (χ0n) is 11.2. The number of nitrogens with zero attached hydrogens (tertiary/aromatic N) is 1. The van der Waals surface area contributed by atoms with Crippen molar-refractivity contribution < 1.29 is 13.9 Å². The summed E-state index contributed by atoms with van der Waals surface area (Å²) in [4.78, 5) is 13.6. The van der Waals surface area contributed by atoms with Gasteiger partial charge in [-0.25, -0.2) is 4.39 Å². The van der Waals surface area contributed by atoms with E-state index in [4.69, 9.17) is 16.3 Å². The Morgan fingerprint density at radius 1 is 1.29 bits per heavy atom. The molecule has 2 aromatic rings. The first-order valence-electron chi connectivity index (χ1n) is 6.29. The van der Waals surface area contributed by atoms with Crippen molar-refractivity contribution in [2.24, 2.45) is 0 Å². The molecule has 0 fully saturated rings. The number of rotatable bonds is 2. The standard InChI is InChI=1S/C15H12ClFN2O2/c1-21-14-7-13-12(6-11(14)17)18-15(20)8-19(13)10-4-2-9(16)3-5-10/h2-7H,8H2,1H3,(H,18,20). The van der Waals surface area contributed by atoms with Gasteiger partial charge in [0.1, 0.15) is 6.54 Å². The van der Waals surface area contributed by atoms with Crippen molar-refractivity contribution in [1.29, 1.82) is 0 Å². The SMILES string of the molecule is COc1cc2c(cc1F)NC(=O)CN2c1ccc(Cl)cc1. The highest BCUT2D eigenvalue weighted by atomic mass is 35.5. The van der Waals surface area contributed by atoms with Gasteiger partial charge in [-0.1, -0.05) is 11.6 Å². The van der Waals surface area contributed by atoms with Crippen LogP contribution >= 0.6 is 11.6 Å². The van der Waals surface area contributed by atoms with Crippen LogP contribution in [0, 0.1) is 5.82 Å². The van der Waals surface area contributed by atoms with E-state index in [9.17, 15) is 9.18 Å². The molecule has 108 valence electrons. The number of hydrogen-bond donors (Lipinski definition) is 1. The van der Waals surface area contributed by atoms with Crippen molar-refractivity contribution in [2.75, 3.05) is 23.9 Å². The molecular weight excluding hydrogens is 295 g/mol. The first-order chi connectivity index (χ1) is 10.1.